The van der Waals surface area contributed by atoms with Crippen molar-refractivity contribution < 1.29 is 22.9 Å². The molecule has 2 aromatic heterocycles. The van der Waals surface area contributed by atoms with E-state index in [4.69, 9.17) is 0 Å². The van der Waals surface area contributed by atoms with Crippen molar-refractivity contribution in [3.63, 3.8) is 0 Å². The van der Waals surface area contributed by atoms with Gasteiger partial charge in [-0.15, -0.1) is 0 Å². The van der Waals surface area contributed by atoms with E-state index in [1.807, 2.05) is 0 Å². The van der Waals surface area contributed by atoms with Gasteiger partial charge in [-0.1, -0.05) is 6.92 Å². The molecule has 1 N–H and O–H groups in total. The molecule has 3 rings (SSSR count). The van der Waals surface area contributed by atoms with Gasteiger partial charge in [-0.3, -0.25) is 9.48 Å². The van der Waals surface area contributed by atoms with Gasteiger partial charge in [-0.05, 0) is 43.6 Å². The molecule has 9 nitrogen and oxygen atoms in total. The fourth-order valence-corrected chi connectivity index (χ4v) is 3.36. The first-order valence-electron chi connectivity index (χ1n) is 9.75. The molecule has 1 fully saturated rings. The highest BCUT2D eigenvalue weighted by atomic mass is 19.4. The molecule has 30 heavy (non-hydrogen) atoms. The molecule has 12 heteroatoms. The zero-order chi connectivity index (χ0) is 22.1. The number of amides is 1. The van der Waals surface area contributed by atoms with Crippen molar-refractivity contribution >= 4 is 11.7 Å². The van der Waals surface area contributed by atoms with Gasteiger partial charge in [0.25, 0.3) is 0 Å². The maximum Gasteiger partial charge on any atom is 0.435 e. The van der Waals surface area contributed by atoms with E-state index in [2.05, 4.69) is 15.5 Å². The van der Waals surface area contributed by atoms with Crippen molar-refractivity contribution in [2.24, 2.45) is 0 Å². The summed E-state index contributed by atoms with van der Waals surface area (Å²) in [5, 5.41) is 21.2. The SMILES string of the molecule is CCC(C(=O)NCCCn1nc(C(F)(F)F)cc1C1CC1)n1nc([N+](=O)[O-])cc1C. The Hall–Kier alpha value is -2.92. The van der Waals surface area contributed by atoms with Crippen LogP contribution in [-0.2, 0) is 17.5 Å². The zero-order valence-corrected chi connectivity index (χ0v) is 16.6. The monoisotopic (exact) mass is 428 g/mol. The predicted octanol–water partition coefficient (Wildman–Crippen LogP) is 3.35. The lowest BCUT2D eigenvalue weighted by Gasteiger charge is -2.14. The number of alkyl halides is 3. The van der Waals surface area contributed by atoms with E-state index in [1.165, 1.54) is 15.4 Å². The van der Waals surface area contributed by atoms with Crippen molar-refractivity contribution in [1.82, 2.24) is 24.9 Å². The van der Waals surface area contributed by atoms with Crippen LogP contribution in [0.4, 0.5) is 19.0 Å². The Labute approximate surface area is 170 Å². The third-order valence-corrected chi connectivity index (χ3v) is 5.02. The van der Waals surface area contributed by atoms with E-state index in [9.17, 15) is 28.1 Å². The maximum atomic E-state index is 12.9. The minimum Gasteiger partial charge on any atom is -0.358 e. The van der Waals surface area contributed by atoms with Crippen LogP contribution in [0.5, 0.6) is 0 Å². The molecule has 0 aromatic carbocycles. The first-order valence-corrected chi connectivity index (χ1v) is 9.75. The Bertz CT molecular complexity index is 932. The maximum absolute atomic E-state index is 12.9. The number of nitro groups is 1. The number of nitrogens with zero attached hydrogens (tertiary/aromatic N) is 5. The number of halogens is 3. The van der Waals surface area contributed by atoms with Gasteiger partial charge in [-0.2, -0.15) is 23.0 Å². The van der Waals surface area contributed by atoms with Crippen LogP contribution in [-0.4, -0.2) is 36.9 Å². The molecule has 0 bridgehead atoms. The third-order valence-electron chi connectivity index (χ3n) is 5.02. The summed E-state index contributed by atoms with van der Waals surface area (Å²) < 4.78 is 41.5. The second-order valence-corrected chi connectivity index (χ2v) is 7.36. The number of carbonyl (C=O) groups excluding carboxylic acids is 1. The lowest BCUT2D eigenvalue weighted by atomic mass is 10.2. The fraction of sp³-hybridized carbons (Fsp3) is 0.611. The van der Waals surface area contributed by atoms with Gasteiger partial charge in [0.05, 0.1) is 16.9 Å². The highest BCUT2D eigenvalue weighted by Gasteiger charge is 2.37. The molecule has 2 heterocycles. The topological polar surface area (TPSA) is 108 Å². The number of nitrogens with one attached hydrogen (secondary N) is 1. The summed E-state index contributed by atoms with van der Waals surface area (Å²) in [4.78, 5) is 22.8. The molecule has 2 aromatic rings. The van der Waals surface area contributed by atoms with E-state index in [1.54, 1.807) is 13.8 Å². The minimum atomic E-state index is -4.48. The Balaban J connectivity index is 1.58. The van der Waals surface area contributed by atoms with Gasteiger partial charge >= 0.3 is 12.0 Å². The van der Waals surface area contributed by atoms with Gasteiger partial charge in [0.1, 0.15) is 0 Å². The second kappa shape index (κ2) is 8.44. The number of aromatic nitrogens is 4. The van der Waals surface area contributed by atoms with Crippen LogP contribution >= 0.6 is 0 Å². The third kappa shape index (κ3) is 4.79. The molecule has 1 aliphatic carbocycles. The average Bonchev–Trinajstić information content (AvgIpc) is 3.30. The molecule has 1 saturated carbocycles. The molecule has 0 spiro atoms. The van der Waals surface area contributed by atoms with E-state index in [-0.39, 0.29) is 30.7 Å². The highest BCUT2D eigenvalue weighted by Crippen LogP contribution is 2.42. The van der Waals surface area contributed by atoms with E-state index >= 15 is 0 Å². The lowest BCUT2D eigenvalue weighted by Crippen LogP contribution is -2.34. The quantitative estimate of drug-likeness (QED) is 0.374. The molecule has 164 valence electrons. The molecule has 1 unspecified atom stereocenters. The van der Waals surface area contributed by atoms with Gasteiger partial charge in [-0.25, -0.2) is 0 Å². The Kier molecular flexibility index (Phi) is 6.13. The van der Waals surface area contributed by atoms with Crippen molar-refractivity contribution in [1.29, 1.82) is 0 Å². The van der Waals surface area contributed by atoms with Gasteiger partial charge in [0.2, 0.25) is 5.91 Å². The summed E-state index contributed by atoms with van der Waals surface area (Å²) in [5.41, 5.74) is 0.184. The van der Waals surface area contributed by atoms with Crippen molar-refractivity contribution in [2.75, 3.05) is 6.54 Å². The molecular weight excluding hydrogens is 405 g/mol. The smallest absolute Gasteiger partial charge is 0.358 e. The number of hydrogen-bond donors (Lipinski definition) is 1. The standard InChI is InChI=1S/C18H23F3N6O3/c1-3-13(26-11(2)9-16(24-26)27(29)30)17(28)22-7-4-8-25-14(12-5-6-12)10-15(23-25)18(19,20)21/h9-10,12-13H,3-8H2,1-2H3,(H,22,28). The minimum absolute atomic E-state index is 0.117. The molecule has 0 saturated heterocycles. The molecular formula is C18H23F3N6O3. The van der Waals surface area contributed by atoms with Gasteiger partial charge in [0, 0.05) is 24.7 Å². The average molecular weight is 428 g/mol. The normalized spacial score (nSPS) is 15.2. The van der Waals surface area contributed by atoms with Crippen LogP contribution in [0.15, 0.2) is 12.1 Å². The largest absolute Gasteiger partial charge is 0.435 e. The summed E-state index contributed by atoms with van der Waals surface area (Å²) in [6.07, 6.45) is -1.99. The summed E-state index contributed by atoms with van der Waals surface area (Å²) >= 11 is 0. The van der Waals surface area contributed by atoms with Crippen LogP contribution in [0.3, 0.4) is 0 Å². The van der Waals surface area contributed by atoms with Crippen LogP contribution in [0.2, 0.25) is 0 Å². The van der Waals surface area contributed by atoms with Crippen LogP contribution in [0.1, 0.15) is 61.6 Å². The lowest BCUT2D eigenvalue weighted by molar-refractivity contribution is -0.389. The number of carbonyl (C=O) groups is 1. The van der Waals surface area contributed by atoms with Crippen molar-refractivity contribution in [3.05, 3.63) is 39.3 Å². The molecule has 1 amide bonds. The molecule has 0 radical (unpaired) electrons. The van der Waals surface area contributed by atoms with Crippen LogP contribution in [0, 0.1) is 17.0 Å². The summed E-state index contributed by atoms with van der Waals surface area (Å²) in [7, 11) is 0. The Morgan fingerprint density at radius 1 is 1.37 bits per heavy atom. The van der Waals surface area contributed by atoms with Gasteiger partial charge in [0.15, 0.2) is 11.7 Å². The van der Waals surface area contributed by atoms with E-state index in [0.29, 0.717) is 24.2 Å². The number of rotatable bonds is 9. The summed E-state index contributed by atoms with van der Waals surface area (Å²) in [5.74, 6) is -0.561. The summed E-state index contributed by atoms with van der Waals surface area (Å²) in [6.45, 7) is 3.89. The van der Waals surface area contributed by atoms with Crippen molar-refractivity contribution in [2.45, 2.75) is 64.2 Å². The van der Waals surface area contributed by atoms with Crippen LogP contribution in [0.25, 0.3) is 0 Å². The first kappa shape index (κ1) is 21.8. The molecule has 0 aliphatic heterocycles. The summed E-state index contributed by atoms with van der Waals surface area (Å²) in [6, 6.07) is 1.70. The first-order chi connectivity index (χ1) is 14.1. The van der Waals surface area contributed by atoms with Crippen molar-refractivity contribution in [3.8, 4) is 0 Å². The highest BCUT2D eigenvalue weighted by molar-refractivity contribution is 5.80. The fourth-order valence-electron chi connectivity index (χ4n) is 3.36. The van der Waals surface area contributed by atoms with E-state index in [0.717, 1.165) is 18.9 Å². The van der Waals surface area contributed by atoms with E-state index < -0.39 is 22.8 Å². The zero-order valence-electron chi connectivity index (χ0n) is 16.6. The Morgan fingerprint density at radius 3 is 2.60 bits per heavy atom. The number of hydrogen-bond acceptors (Lipinski definition) is 5. The second-order valence-electron chi connectivity index (χ2n) is 7.36. The van der Waals surface area contributed by atoms with Crippen LogP contribution < -0.4 is 5.32 Å². The van der Waals surface area contributed by atoms with Gasteiger partial charge < -0.3 is 15.4 Å². The molecule has 1 atom stereocenters. The molecule has 1 aliphatic rings. The number of aryl methyl sites for hydroxylation is 2. The predicted molar refractivity (Wildman–Crippen MR) is 99.8 cm³/mol. The Morgan fingerprint density at radius 2 is 2.07 bits per heavy atom.